The van der Waals surface area contributed by atoms with Crippen molar-refractivity contribution >= 4 is 11.3 Å². The summed E-state index contributed by atoms with van der Waals surface area (Å²) in [4.78, 5) is 16.9. The van der Waals surface area contributed by atoms with E-state index >= 15 is 0 Å². The predicted molar refractivity (Wildman–Crippen MR) is 85.1 cm³/mol. The van der Waals surface area contributed by atoms with Gasteiger partial charge < -0.3 is 9.05 Å². The van der Waals surface area contributed by atoms with Gasteiger partial charge in [0.05, 0.1) is 4.88 Å². The van der Waals surface area contributed by atoms with E-state index in [0.717, 1.165) is 10.4 Å². The quantitative estimate of drug-likeness (QED) is 0.576. The molecule has 0 aliphatic heterocycles. The van der Waals surface area contributed by atoms with Crippen LogP contribution < -0.4 is 5.69 Å². The first-order chi connectivity index (χ1) is 11.3. The van der Waals surface area contributed by atoms with Crippen molar-refractivity contribution in [1.82, 2.24) is 14.9 Å². The van der Waals surface area contributed by atoms with E-state index < -0.39 is 5.69 Å². The van der Waals surface area contributed by atoms with E-state index in [9.17, 15) is 4.79 Å². The average molecular weight is 325 g/mol. The van der Waals surface area contributed by atoms with E-state index in [2.05, 4.69) is 10.1 Å². The Morgan fingerprint density at radius 1 is 1.13 bits per heavy atom. The Balaban J connectivity index is 1.60. The molecule has 0 aliphatic carbocycles. The normalized spacial score (nSPS) is 11.0. The highest BCUT2D eigenvalue weighted by atomic mass is 32.1. The molecule has 0 amide bonds. The van der Waals surface area contributed by atoms with Crippen molar-refractivity contribution in [2.75, 3.05) is 0 Å². The van der Waals surface area contributed by atoms with Crippen LogP contribution in [0.2, 0.25) is 0 Å². The molecule has 0 bridgehead atoms. The monoisotopic (exact) mass is 325 g/mol. The van der Waals surface area contributed by atoms with Gasteiger partial charge in [0.25, 0.3) is 5.89 Å². The van der Waals surface area contributed by atoms with E-state index in [1.807, 2.05) is 47.8 Å². The Kier molecular flexibility index (Phi) is 3.39. The fourth-order valence-corrected chi connectivity index (χ4v) is 2.85. The SMILES string of the molecule is O=c1nc(-c2ccccc2)on1Cc1cc(-c2cccs2)on1. The number of rotatable bonds is 4. The lowest BCUT2D eigenvalue weighted by atomic mass is 10.2. The zero-order valence-corrected chi connectivity index (χ0v) is 12.7. The number of hydrogen-bond acceptors (Lipinski definition) is 6. The zero-order valence-electron chi connectivity index (χ0n) is 11.9. The van der Waals surface area contributed by atoms with Crippen LogP contribution in [0.15, 0.2) is 67.8 Å². The van der Waals surface area contributed by atoms with Crippen molar-refractivity contribution in [1.29, 1.82) is 0 Å². The maximum Gasteiger partial charge on any atom is 0.380 e. The summed E-state index contributed by atoms with van der Waals surface area (Å²) >= 11 is 1.56. The van der Waals surface area contributed by atoms with Crippen LogP contribution in [0.1, 0.15) is 5.69 Å². The Bertz CT molecular complexity index is 968. The second-order valence-corrected chi connectivity index (χ2v) is 5.80. The number of benzene rings is 1. The maximum absolute atomic E-state index is 12.0. The van der Waals surface area contributed by atoms with Gasteiger partial charge in [0, 0.05) is 11.6 Å². The van der Waals surface area contributed by atoms with Gasteiger partial charge in [-0.05, 0) is 23.6 Å². The van der Waals surface area contributed by atoms with E-state index in [1.54, 1.807) is 17.4 Å². The number of hydrogen-bond donors (Lipinski definition) is 0. The molecule has 6 nitrogen and oxygen atoms in total. The van der Waals surface area contributed by atoms with Crippen LogP contribution in [0.3, 0.4) is 0 Å². The van der Waals surface area contributed by atoms with Gasteiger partial charge >= 0.3 is 5.69 Å². The molecule has 23 heavy (non-hydrogen) atoms. The van der Waals surface area contributed by atoms with Crippen LogP contribution in [-0.4, -0.2) is 14.9 Å². The highest BCUT2D eigenvalue weighted by Crippen LogP contribution is 2.25. The molecule has 4 rings (SSSR count). The highest BCUT2D eigenvalue weighted by Gasteiger charge is 2.13. The molecule has 0 radical (unpaired) electrons. The Labute approximate surface area is 134 Å². The molecule has 4 aromatic rings. The fourth-order valence-electron chi connectivity index (χ4n) is 2.17. The smallest absolute Gasteiger partial charge is 0.355 e. The Morgan fingerprint density at radius 2 is 2.00 bits per heavy atom. The molecular weight excluding hydrogens is 314 g/mol. The summed E-state index contributed by atoms with van der Waals surface area (Å²) in [6.07, 6.45) is 0. The van der Waals surface area contributed by atoms with Crippen LogP contribution in [0.4, 0.5) is 0 Å². The molecule has 0 saturated heterocycles. The van der Waals surface area contributed by atoms with Gasteiger partial charge in [-0.2, -0.15) is 4.98 Å². The molecule has 114 valence electrons. The number of nitrogens with zero attached hydrogens (tertiary/aromatic N) is 3. The maximum atomic E-state index is 12.0. The third kappa shape index (κ3) is 2.74. The molecule has 0 saturated carbocycles. The molecule has 0 fully saturated rings. The third-order valence-electron chi connectivity index (χ3n) is 3.26. The summed E-state index contributed by atoms with van der Waals surface area (Å²) in [5.41, 5.74) is 0.901. The lowest BCUT2D eigenvalue weighted by Crippen LogP contribution is -2.16. The number of aromatic nitrogens is 3. The minimum atomic E-state index is -0.454. The van der Waals surface area contributed by atoms with Crippen LogP contribution in [0.25, 0.3) is 22.1 Å². The number of thiophene rings is 1. The van der Waals surface area contributed by atoms with Gasteiger partial charge in [-0.3, -0.25) is 0 Å². The minimum absolute atomic E-state index is 0.174. The van der Waals surface area contributed by atoms with E-state index in [1.165, 1.54) is 4.74 Å². The minimum Gasteiger partial charge on any atom is -0.355 e. The molecule has 7 heteroatoms. The Hall–Kier alpha value is -2.93. The second kappa shape index (κ2) is 5.69. The lowest BCUT2D eigenvalue weighted by Gasteiger charge is -1.95. The van der Waals surface area contributed by atoms with Crippen molar-refractivity contribution in [3.8, 4) is 22.1 Å². The summed E-state index contributed by atoms with van der Waals surface area (Å²) in [5.74, 6) is 0.962. The molecular formula is C16H11N3O3S. The Morgan fingerprint density at radius 3 is 2.78 bits per heavy atom. The van der Waals surface area contributed by atoms with Crippen molar-refractivity contribution in [3.63, 3.8) is 0 Å². The summed E-state index contributed by atoms with van der Waals surface area (Å²) in [7, 11) is 0. The van der Waals surface area contributed by atoms with Crippen LogP contribution >= 0.6 is 11.3 Å². The van der Waals surface area contributed by atoms with Crippen LogP contribution in [0, 0.1) is 0 Å². The zero-order chi connectivity index (χ0) is 15.6. The van der Waals surface area contributed by atoms with Gasteiger partial charge in [0.15, 0.2) is 5.76 Å². The molecule has 3 aromatic heterocycles. The summed E-state index contributed by atoms with van der Waals surface area (Å²) in [5, 5.41) is 5.94. The van der Waals surface area contributed by atoms with Crippen molar-refractivity contribution in [2.24, 2.45) is 0 Å². The lowest BCUT2D eigenvalue weighted by molar-refractivity contribution is 0.279. The fraction of sp³-hybridized carbons (Fsp3) is 0.0625. The second-order valence-electron chi connectivity index (χ2n) is 4.85. The summed E-state index contributed by atoms with van der Waals surface area (Å²) in [6.45, 7) is 0.174. The van der Waals surface area contributed by atoms with Crippen molar-refractivity contribution < 1.29 is 9.05 Å². The van der Waals surface area contributed by atoms with E-state index in [0.29, 0.717) is 11.5 Å². The average Bonchev–Trinajstić information content (AvgIpc) is 3.30. The molecule has 1 aromatic carbocycles. The van der Waals surface area contributed by atoms with Crippen molar-refractivity contribution in [2.45, 2.75) is 6.54 Å². The van der Waals surface area contributed by atoms with Gasteiger partial charge in [-0.25, -0.2) is 4.79 Å². The molecule has 0 atom stereocenters. The molecule has 0 unspecified atom stereocenters. The topological polar surface area (TPSA) is 74.1 Å². The standard InChI is InChI=1S/C16H11N3O3S/c20-16-17-15(11-5-2-1-3-6-11)22-19(16)10-12-9-13(21-18-12)14-7-4-8-23-14/h1-9H,10H2. The molecule has 3 heterocycles. The first kappa shape index (κ1) is 13.7. The molecule has 0 spiro atoms. The van der Waals surface area contributed by atoms with E-state index in [4.69, 9.17) is 9.05 Å². The van der Waals surface area contributed by atoms with Gasteiger partial charge in [0.1, 0.15) is 12.2 Å². The molecule has 0 aliphatic rings. The summed E-state index contributed by atoms with van der Waals surface area (Å²) in [6, 6.07) is 15.0. The third-order valence-corrected chi connectivity index (χ3v) is 4.14. The first-order valence-electron chi connectivity index (χ1n) is 6.92. The van der Waals surface area contributed by atoms with Crippen LogP contribution in [0.5, 0.6) is 0 Å². The first-order valence-corrected chi connectivity index (χ1v) is 7.80. The van der Waals surface area contributed by atoms with E-state index in [-0.39, 0.29) is 12.4 Å². The highest BCUT2D eigenvalue weighted by molar-refractivity contribution is 7.13. The van der Waals surface area contributed by atoms with Crippen LogP contribution in [-0.2, 0) is 6.54 Å². The predicted octanol–water partition coefficient (Wildman–Crippen LogP) is 3.27. The van der Waals surface area contributed by atoms with Crippen molar-refractivity contribution in [3.05, 3.63) is 70.1 Å². The molecule has 0 N–H and O–H groups in total. The van der Waals surface area contributed by atoms with Gasteiger partial charge in [-0.1, -0.05) is 29.4 Å². The summed E-state index contributed by atoms with van der Waals surface area (Å²) < 4.78 is 12.0. The van der Waals surface area contributed by atoms with Gasteiger partial charge in [-0.15, -0.1) is 16.1 Å². The van der Waals surface area contributed by atoms with Gasteiger partial charge in [0.2, 0.25) is 0 Å². The largest absolute Gasteiger partial charge is 0.380 e.